The summed E-state index contributed by atoms with van der Waals surface area (Å²) >= 11 is 7.25. The molecule has 0 bridgehead atoms. The molecule has 0 aliphatic heterocycles. The monoisotopic (exact) mass is 394 g/mol. The van der Waals surface area contributed by atoms with Crippen molar-refractivity contribution < 1.29 is 4.79 Å². The van der Waals surface area contributed by atoms with Gasteiger partial charge in [-0.2, -0.15) is 5.26 Å². The van der Waals surface area contributed by atoms with E-state index in [0.717, 1.165) is 9.58 Å². The van der Waals surface area contributed by atoms with Crippen molar-refractivity contribution in [1.82, 2.24) is 19.7 Å². The van der Waals surface area contributed by atoms with E-state index < -0.39 is 17.3 Å². The van der Waals surface area contributed by atoms with Crippen molar-refractivity contribution in [2.75, 3.05) is 24.7 Å². The van der Waals surface area contributed by atoms with Crippen molar-refractivity contribution in [2.45, 2.75) is 17.4 Å². The number of carbonyl (C=O) groups is 1. The first-order valence-corrected chi connectivity index (χ1v) is 8.99. The number of anilines is 1. The summed E-state index contributed by atoms with van der Waals surface area (Å²) in [5, 5.41) is 16.7. The van der Waals surface area contributed by atoms with Gasteiger partial charge in [0.15, 0.2) is 0 Å². The van der Waals surface area contributed by atoms with E-state index in [2.05, 4.69) is 16.5 Å². The average molecular weight is 395 g/mol. The van der Waals surface area contributed by atoms with Gasteiger partial charge in [0, 0.05) is 36.8 Å². The van der Waals surface area contributed by atoms with Crippen LogP contribution in [0.4, 0.5) is 10.7 Å². The van der Waals surface area contributed by atoms with Crippen LogP contribution in [0.25, 0.3) is 0 Å². The summed E-state index contributed by atoms with van der Waals surface area (Å²) in [5.41, 5.74) is -1.77. The van der Waals surface area contributed by atoms with Crippen molar-refractivity contribution in [3.63, 3.8) is 0 Å². The molecule has 1 unspecified atom stereocenters. The van der Waals surface area contributed by atoms with Crippen LogP contribution in [0.15, 0.2) is 34.0 Å². The SMILES string of the molecule is CN(C)c1nn(C(=O)NC(C)(C#N)CSc2ccc(Cl)cc2)c(=O)n1C. The van der Waals surface area contributed by atoms with Gasteiger partial charge in [0.2, 0.25) is 5.95 Å². The smallest absolute Gasteiger partial charge is 0.347 e. The van der Waals surface area contributed by atoms with Gasteiger partial charge in [0.1, 0.15) is 5.54 Å². The number of nitrogens with one attached hydrogen (secondary N) is 1. The maximum absolute atomic E-state index is 12.5. The average Bonchev–Trinajstić information content (AvgIpc) is 2.90. The zero-order valence-electron chi connectivity index (χ0n) is 14.9. The third kappa shape index (κ3) is 4.39. The Morgan fingerprint density at radius 1 is 1.42 bits per heavy atom. The van der Waals surface area contributed by atoms with Gasteiger partial charge < -0.3 is 10.2 Å². The van der Waals surface area contributed by atoms with E-state index in [1.54, 1.807) is 38.1 Å². The van der Waals surface area contributed by atoms with Gasteiger partial charge in [-0.15, -0.1) is 21.5 Å². The first kappa shape index (κ1) is 19.9. The Hall–Kier alpha value is -2.44. The van der Waals surface area contributed by atoms with Crippen LogP contribution in [-0.2, 0) is 7.05 Å². The first-order valence-electron chi connectivity index (χ1n) is 7.62. The third-order valence-electron chi connectivity index (χ3n) is 3.52. The molecule has 8 nitrogen and oxygen atoms in total. The van der Waals surface area contributed by atoms with Crippen molar-refractivity contribution in [1.29, 1.82) is 5.26 Å². The molecule has 1 heterocycles. The van der Waals surface area contributed by atoms with Crippen LogP contribution in [-0.4, -0.2) is 45.8 Å². The van der Waals surface area contributed by atoms with Gasteiger partial charge in [-0.1, -0.05) is 11.6 Å². The molecule has 138 valence electrons. The number of thioether (sulfide) groups is 1. The van der Waals surface area contributed by atoms with Crippen LogP contribution >= 0.6 is 23.4 Å². The Kier molecular flexibility index (Phi) is 6.00. The van der Waals surface area contributed by atoms with E-state index >= 15 is 0 Å². The fraction of sp³-hybridized carbons (Fsp3) is 0.375. The van der Waals surface area contributed by atoms with Crippen LogP contribution in [0.5, 0.6) is 0 Å². The molecule has 0 radical (unpaired) electrons. The molecule has 2 aromatic rings. The van der Waals surface area contributed by atoms with Crippen LogP contribution in [0.2, 0.25) is 5.02 Å². The molecular formula is C16H19ClN6O2S. The number of hydrogen-bond donors (Lipinski definition) is 1. The lowest BCUT2D eigenvalue weighted by atomic mass is 10.1. The number of carbonyl (C=O) groups excluding carboxylic acids is 1. The van der Waals surface area contributed by atoms with Crippen molar-refractivity contribution in [2.24, 2.45) is 7.05 Å². The molecule has 26 heavy (non-hydrogen) atoms. The zero-order chi connectivity index (χ0) is 19.5. The Morgan fingerprint density at radius 3 is 2.54 bits per heavy atom. The molecule has 1 amide bonds. The van der Waals surface area contributed by atoms with Gasteiger partial charge in [-0.25, -0.2) is 9.59 Å². The summed E-state index contributed by atoms with van der Waals surface area (Å²) in [6, 6.07) is 8.50. The maximum atomic E-state index is 12.5. The van der Waals surface area contributed by atoms with E-state index in [4.69, 9.17) is 11.6 Å². The summed E-state index contributed by atoms with van der Waals surface area (Å²) in [4.78, 5) is 27.2. The number of amides is 1. The number of benzene rings is 1. The molecule has 0 fully saturated rings. The van der Waals surface area contributed by atoms with Gasteiger partial charge in [-0.05, 0) is 31.2 Å². The van der Waals surface area contributed by atoms with Gasteiger partial charge in [-0.3, -0.25) is 4.57 Å². The highest BCUT2D eigenvalue weighted by Gasteiger charge is 2.29. The second-order valence-electron chi connectivity index (χ2n) is 6.06. The fourth-order valence-corrected chi connectivity index (χ4v) is 3.14. The molecule has 0 saturated carbocycles. The molecular weight excluding hydrogens is 376 g/mol. The molecule has 0 aliphatic rings. The second-order valence-corrected chi connectivity index (χ2v) is 7.55. The lowest BCUT2D eigenvalue weighted by Crippen LogP contribution is -2.50. The standard InChI is InChI=1S/C16H19ClN6O2S/c1-16(9-18,10-26-12-7-5-11(17)6-8-12)19-14(24)23-15(25)22(4)13(20-23)21(2)3/h5-8H,10H2,1-4H3,(H,19,24). The number of halogens is 1. The molecule has 0 aliphatic carbocycles. The van der Waals surface area contributed by atoms with E-state index in [1.807, 2.05) is 12.1 Å². The normalized spacial score (nSPS) is 12.9. The second kappa shape index (κ2) is 7.85. The number of rotatable bonds is 5. The Bertz CT molecular complexity index is 899. The zero-order valence-corrected chi connectivity index (χ0v) is 16.4. The predicted octanol–water partition coefficient (Wildman–Crippen LogP) is 1.93. The number of hydrogen-bond acceptors (Lipinski definition) is 6. The number of nitrogens with zero attached hydrogens (tertiary/aromatic N) is 5. The minimum atomic E-state index is -1.18. The predicted molar refractivity (Wildman–Crippen MR) is 102 cm³/mol. The molecule has 2 rings (SSSR count). The van der Waals surface area contributed by atoms with Gasteiger partial charge in [0.05, 0.1) is 6.07 Å². The number of nitriles is 1. The van der Waals surface area contributed by atoms with Crippen LogP contribution in [0.3, 0.4) is 0 Å². The minimum Gasteiger partial charge on any atom is -0.347 e. The lowest BCUT2D eigenvalue weighted by molar-refractivity contribution is 0.233. The Labute approximate surface area is 160 Å². The molecule has 1 N–H and O–H groups in total. The topological polar surface area (TPSA) is 96.0 Å². The Balaban J connectivity index is 2.14. The van der Waals surface area contributed by atoms with Crippen LogP contribution in [0.1, 0.15) is 6.92 Å². The molecule has 1 aromatic heterocycles. The highest BCUT2D eigenvalue weighted by atomic mass is 35.5. The summed E-state index contributed by atoms with van der Waals surface area (Å²) in [6.45, 7) is 1.59. The molecule has 1 atom stereocenters. The fourth-order valence-electron chi connectivity index (χ4n) is 2.09. The molecule has 0 saturated heterocycles. The van der Waals surface area contributed by atoms with Gasteiger partial charge >= 0.3 is 11.7 Å². The van der Waals surface area contributed by atoms with E-state index in [-0.39, 0.29) is 0 Å². The van der Waals surface area contributed by atoms with Gasteiger partial charge in [0.25, 0.3) is 0 Å². The van der Waals surface area contributed by atoms with E-state index in [9.17, 15) is 14.9 Å². The van der Waals surface area contributed by atoms with Crippen LogP contribution in [0, 0.1) is 11.3 Å². The highest BCUT2D eigenvalue weighted by molar-refractivity contribution is 7.99. The molecule has 0 spiro atoms. The summed E-state index contributed by atoms with van der Waals surface area (Å²) in [5.74, 6) is 0.623. The van der Waals surface area contributed by atoms with Crippen molar-refractivity contribution >= 4 is 35.3 Å². The quantitative estimate of drug-likeness (QED) is 0.778. The third-order valence-corrected chi connectivity index (χ3v) is 5.10. The minimum absolute atomic E-state index is 0.291. The largest absolute Gasteiger partial charge is 0.355 e. The van der Waals surface area contributed by atoms with Crippen molar-refractivity contribution in [3.8, 4) is 6.07 Å². The van der Waals surface area contributed by atoms with E-state index in [0.29, 0.717) is 16.7 Å². The maximum Gasteiger partial charge on any atom is 0.355 e. The number of aromatic nitrogens is 3. The summed E-state index contributed by atoms with van der Waals surface area (Å²) < 4.78 is 1.98. The molecule has 1 aromatic carbocycles. The Morgan fingerprint density at radius 2 is 2.04 bits per heavy atom. The molecule has 10 heteroatoms. The summed E-state index contributed by atoms with van der Waals surface area (Å²) in [6.07, 6.45) is 0. The van der Waals surface area contributed by atoms with E-state index in [1.165, 1.54) is 23.4 Å². The first-order chi connectivity index (χ1) is 12.2. The highest BCUT2D eigenvalue weighted by Crippen LogP contribution is 2.24. The lowest BCUT2D eigenvalue weighted by Gasteiger charge is -2.22. The summed E-state index contributed by atoms with van der Waals surface area (Å²) in [7, 11) is 4.95. The van der Waals surface area contributed by atoms with Crippen molar-refractivity contribution in [3.05, 3.63) is 39.8 Å². The van der Waals surface area contributed by atoms with Crippen LogP contribution < -0.4 is 15.9 Å².